The number of benzene rings is 1. The van der Waals surface area contributed by atoms with E-state index in [1.54, 1.807) is 29.2 Å². The van der Waals surface area contributed by atoms with Crippen LogP contribution in [0.2, 0.25) is 0 Å². The number of hydrogen-bond donors (Lipinski definition) is 1. The van der Waals surface area contributed by atoms with Crippen molar-refractivity contribution in [2.75, 3.05) is 6.54 Å². The SMILES string of the molecule is O=C(NCCc1ccncc1)c1ccc2ncsc2c1. The molecular weight excluding hydrogens is 270 g/mol. The number of pyridine rings is 1. The molecule has 1 amide bonds. The van der Waals surface area contributed by atoms with Crippen LogP contribution < -0.4 is 5.32 Å². The molecule has 0 saturated heterocycles. The number of fused-ring (bicyclic) bond motifs is 1. The van der Waals surface area contributed by atoms with Crippen LogP contribution in [0.3, 0.4) is 0 Å². The monoisotopic (exact) mass is 283 g/mol. The van der Waals surface area contributed by atoms with E-state index in [0.29, 0.717) is 12.1 Å². The zero-order valence-corrected chi connectivity index (χ0v) is 11.6. The van der Waals surface area contributed by atoms with E-state index in [1.165, 1.54) is 5.56 Å². The highest BCUT2D eigenvalue weighted by Crippen LogP contribution is 2.18. The summed E-state index contributed by atoms with van der Waals surface area (Å²) in [5, 5.41) is 2.93. The van der Waals surface area contributed by atoms with Crippen molar-refractivity contribution in [3.63, 3.8) is 0 Å². The molecule has 2 heterocycles. The summed E-state index contributed by atoms with van der Waals surface area (Å²) in [6.45, 7) is 0.615. The summed E-state index contributed by atoms with van der Waals surface area (Å²) in [7, 11) is 0. The summed E-state index contributed by atoms with van der Waals surface area (Å²) in [6, 6.07) is 9.48. The van der Waals surface area contributed by atoms with Gasteiger partial charge in [0.1, 0.15) is 0 Å². The Labute approximate surface area is 120 Å². The molecule has 0 spiro atoms. The lowest BCUT2D eigenvalue weighted by Gasteiger charge is -2.05. The molecule has 0 atom stereocenters. The van der Waals surface area contributed by atoms with Crippen LogP contribution in [0.1, 0.15) is 15.9 Å². The molecule has 5 heteroatoms. The quantitative estimate of drug-likeness (QED) is 0.801. The molecule has 3 rings (SSSR count). The van der Waals surface area contributed by atoms with Crippen LogP contribution in [-0.2, 0) is 6.42 Å². The fourth-order valence-corrected chi connectivity index (χ4v) is 2.68. The van der Waals surface area contributed by atoms with Gasteiger partial charge in [-0.15, -0.1) is 11.3 Å². The van der Waals surface area contributed by atoms with Crippen LogP contribution in [0.4, 0.5) is 0 Å². The Balaban J connectivity index is 1.61. The van der Waals surface area contributed by atoms with Gasteiger partial charge >= 0.3 is 0 Å². The third-order valence-corrected chi connectivity index (χ3v) is 3.83. The number of rotatable bonds is 4. The summed E-state index contributed by atoms with van der Waals surface area (Å²) in [6.07, 6.45) is 4.32. The van der Waals surface area contributed by atoms with Gasteiger partial charge in [0.2, 0.25) is 0 Å². The maximum Gasteiger partial charge on any atom is 0.251 e. The van der Waals surface area contributed by atoms with Crippen molar-refractivity contribution in [2.24, 2.45) is 0 Å². The van der Waals surface area contributed by atoms with E-state index in [1.807, 2.05) is 30.3 Å². The second kappa shape index (κ2) is 5.79. The molecule has 0 bridgehead atoms. The highest BCUT2D eigenvalue weighted by molar-refractivity contribution is 7.16. The van der Waals surface area contributed by atoms with Gasteiger partial charge in [-0.3, -0.25) is 9.78 Å². The van der Waals surface area contributed by atoms with Crippen molar-refractivity contribution < 1.29 is 4.79 Å². The maximum atomic E-state index is 12.1. The average molecular weight is 283 g/mol. The van der Waals surface area contributed by atoms with Gasteiger partial charge < -0.3 is 5.32 Å². The number of thiazole rings is 1. The molecule has 0 aliphatic heterocycles. The Kier molecular flexibility index (Phi) is 3.69. The van der Waals surface area contributed by atoms with Crippen LogP contribution in [0.15, 0.2) is 48.2 Å². The van der Waals surface area contributed by atoms with Crippen molar-refractivity contribution in [1.82, 2.24) is 15.3 Å². The van der Waals surface area contributed by atoms with Crippen LogP contribution >= 0.6 is 11.3 Å². The van der Waals surface area contributed by atoms with E-state index in [0.717, 1.165) is 16.6 Å². The third-order valence-electron chi connectivity index (χ3n) is 3.04. The first-order valence-electron chi connectivity index (χ1n) is 6.33. The first-order valence-corrected chi connectivity index (χ1v) is 7.21. The minimum atomic E-state index is -0.0469. The molecule has 2 aromatic heterocycles. The third kappa shape index (κ3) is 2.83. The van der Waals surface area contributed by atoms with Gasteiger partial charge in [0.15, 0.2) is 0 Å². The molecule has 1 N–H and O–H groups in total. The standard InChI is InChI=1S/C15H13N3OS/c19-15(17-8-5-11-3-6-16-7-4-11)12-1-2-13-14(9-12)20-10-18-13/h1-4,6-7,9-10H,5,8H2,(H,17,19). The molecule has 1 aromatic carbocycles. The molecule has 20 heavy (non-hydrogen) atoms. The summed E-state index contributed by atoms with van der Waals surface area (Å²) < 4.78 is 1.03. The van der Waals surface area contributed by atoms with Crippen molar-refractivity contribution >= 4 is 27.5 Å². The summed E-state index contributed by atoms with van der Waals surface area (Å²) >= 11 is 1.54. The molecule has 0 radical (unpaired) electrons. The van der Waals surface area contributed by atoms with Crippen molar-refractivity contribution in [3.05, 3.63) is 59.4 Å². The van der Waals surface area contributed by atoms with Crippen LogP contribution in [0.5, 0.6) is 0 Å². The van der Waals surface area contributed by atoms with Gasteiger partial charge in [-0.05, 0) is 42.3 Å². The van der Waals surface area contributed by atoms with Crippen molar-refractivity contribution in [1.29, 1.82) is 0 Å². The van der Waals surface area contributed by atoms with E-state index in [4.69, 9.17) is 0 Å². The van der Waals surface area contributed by atoms with Crippen LogP contribution in [0.25, 0.3) is 10.2 Å². The zero-order chi connectivity index (χ0) is 13.8. The van der Waals surface area contributed by atoms with E-state index in [2.05, 4.69) is 15.3 Å². The molecule has 0 fully saturated rings. The van der Waals surface area contributed by atoms with Crippen molar-refractivity contribution in [3.8, 4) is 0 Å². The second-order valence-corrected chi connectivity index (χ2v) is 5.28. The molecular formula is C15H13N3OS. The number of nitrogens with one attached hydrogen (secondary N) is 1. The summed E-state index contributed by atoms with van der Waals surface area (Å²) in [5.74, 6) is -0.0469. The number of carbonyl (C=O) groups is 1. The molecule has 4 nitrogen and oxygen atoms in total. The Morgan fingerprint density at radius 3 is 2.90 bits per heavy atom. The Morgan fingerprint density at radius 1 is 1.20 bits per heavy atom. The van der Waals surface area contributed by atoms with Gasteiger partial charge in [0, 0.05) is 24.5 Å². The number of carbonyl (C=O) groups excluding carboxylic acids is 1. The van der Waals surface area contributed by atoms with E-state index in [-0.39, 0.29) is 5.91 Å². The minimum Gasteiger partial charge on any atom is -0.352 e. The Morgan fingerprint density at radius 2 is 2.05 bits per heavy atom. The Bertz CT molecular complexity index is 724. The highest BCUT2D eigenvalue weighted by atomic mass is 32.1. The van der Waals surface area contributed by atoms with Gasteiger partial charge in [-0.25, -0.2) is 4.98 Å². The van der Waals surface area contributed by atoms with E-state index >= 15 is 0 Å². The van der Waals surface area contributed by atoms with E-state index in [9.17, 15) is 4.79 Å². The number of hydrogen-bond acceptors (Lipinski definition) is 4. The van der Waals surface area contributed by atoms with Gasteiger partial charge in [0.05, 0.1) is 15.7 Å². The maximum absolute atomic E-state index is 12.1. The minimum absolute atomic E-state index is 0.0469. The fraction of sp³-hybridized carbons (Fsp3) is 0.133. The lowest BCUT2D eigenvalue weighted by Crippen LogP contribution is -2.25. The smallest absolute Gasteiger partial charge is 0.251 e. The molecule has 0 unspecified atom stereocenters. The zero-order valence-electron chi connectivity index (χ0n) is 10.7. The number of amides is 1. The normalized spacial score (nSPS) is 10.6. The highest BCUT2D eigenvalue weighted by Gasteiger charge is 2.06. The molecule has 0 aliphatic rings. The number of nitrogens with zero attached hydrogens (tertiary/aromatic N) is 2. The van der Waals surface area contributed by atoms with Crippen LogP contribution in [0, 0.1) is 0 Å². The average Bonchev–Trinajstić information content (AvgIpc) is 2.95. The first kappa shape index (κ1) is 12.7. The van der Waals surface area contributed by atoms with Gasteiger partial charge in [-0.2, -0.15) is 0 Å². The lowest BCUT2D eigenvalue weighted by molar-refractivity contribution is 0.0954. The molecule has 0 aliphatic carbocycles. The van der Waals surface area contributed by atoms with Gasteiger partial charge in [0.25, 0.3) is 5.91 Å². The Hall–Kier alpha value is -2.27. The molecule has 0 saturated carbocycles. The predicted molar refractivity (Wildman–Crippen MR) is 79.9 cm³/mol. The summed E-state index contributed by atoms with van der Waals surface area (Å²) in [4.78, 5) is 20.2. The molecule has 3 aromatic rings. The predicted octanol–water partition coefficient (Wildman–Crippen LogP) is 2.66. The first-order chi connectivity index (χ1) is 9.83. The second-order valence-electron chi connectivity index (χ2n) is 4.40. The van der Waals surface area contributed by atoms with Crippen molar-refractivity contribution in [2.45, 2.75) is 6.42 Å². The van der Waals surface area contributed by atoms with Crippen LogP contribution in [-0.4, -0.2) is 22.4 Å². The molecule has 100 valence electrons. The topological polar surface area (TPSA) is 54.9 Å². The van der Waals surface area contributed by atoms with E-state index < -0.39 is 0 Å². The number of aromatic nitrogens is 2. The van der Waals surface area contributed by atoms with Gasteiger partial charge in [-0.1, -0.05) is 0 Å². The fourth-order valence-electron chi connectivity index (χ4n) is 1.97. The largest absolute Gasteiger partial charge is 0.352 e. The lowest BCUT2D eigenvalue weighted by atomic mass is 10.2. The summed E-state index contributed by atoms with van der Waals surface area (Å²) in [5.41, 5.74) is 4.56.